The molecule has 0 N–H and O–H groups in total. The van der Waals surface area contributed by atoms with Gasteiger partial charge in [0.05, 0.1) is 0 Å². The zero-order valence-corrected chi connectivity index (χ0v) is 10.8. The van der Waals surface area contributed by atoms with Gasteiger partial charge in [-0.25, -0.2) is 8.78 Å². The van der Waals surface area contributed by atoms with Crippen LogP contribution in [0.3, 0.4) is 0 Å². The lowest BCUT2D eigenvalue weighted by atomic mass is 10.1. The minimum Gasteiger partial charge on any atom is -0.294 e. The second-order valence-electron chi connectivity index (χ2n) is 4.82. The number of ketones is 1. The first-order valence-electron chi connectivity index (χ1n) is 6.65. The molecule has 1 atom stereocenters. The summed E-state index contributed by atoms with van der Waals surface area (Å²) in [7, 11) is 0. The van der Waals surface area contributed by atoms with Crippen molar-refractivity contribution in [3.8, 4) is 0 Å². The van der Waals surface area contributed by atoms with E-state index in [1.807, 2.05) is 6.42 Å². The van der Waals surface area contributed by atoms with Gasteiger partial charge in [0.25, 0.3) is 0 Å². The number of alkyl halides is 1. The largest absolute Gasteiger partial charge is 0.294 e. The highest BCUT2D eigenvalue weighted by Crippen LogP contribution is 2.17. The molecule has 0 spiro atoms. The van der Waals surface area contributed by atoms with Gasteiger partial charge in [0.2, 0.25) is 0 Å². The van der Waals surface area contributed by atoms with E-state index in [4.69, 9.17) is 0 Å². The van der Waals surface area contributed by atoms with Crippen LogP contribution in [0.2, 0.25) is 0 Å². The van der Waals surface area contributed by atoms with Gasteiger partial charge in [-0.05, 0) is 49.9 Å². The molecule has 1 unspecified atom stereocenters. The minimum absolute atomic E-state index is 0.0148. The average Bonchev–Trinajstić information content (AvgIpc) is 2.41. The summed E-state index contributed by atoms with van der Waals surface area (Å²) in [6.45, 7) is 1.33. The molecule has 4 heteroatoms. The summed E-state index contributed by atoms with van der Waals surface area (Å²) < 4.78 is 26.2. The fourth-order valence-electron chi connectivity index (χ4n) is 2.28. The molecule has 0 saturated carbocycles. The number of hydrogen-bond donors (Lipinski definition) is 0. The molecule has 2 rings (SSSR count). The number of rotatable bonds is 5. The van der Waals surface area contributed by atoms with Crippen LogP contribution < -0.4 is 0 Å². The van der Waals surface area contributed by atoms with Crippen LogP contribution in [-0.4, -0.2) is 30.1 Å². The Morgan fingerprint density at radius 3 is 2.74 bits per heavy atom. The van der Waals surface area contributed by atoms with Crippen molar-refractivity contribution in [1.82, 2.24) is 4.90 Å². The third-order valence-electron chi connectivity index (χ3n) is 3.39. The molecule has 1 radical (unpaired) electrons. The number of halogens is 2. The molecule has 1 aromatic carbocycles. The van der Waals surface area contributed by atoms with Crippen molar-refractivity contribution in [1.29, 1.82) is 0 Å². The normalized spacial score (nSPS) is 20.4. The van der Waals surface area contributed by atoms with Gasteiger partial charge in [0, 0.05) is 25.1 Å². The Hall–Kier alpha value is -1.29. The number of Topliss-reactive ketones (excluding diaryl/α,β-unsaturated/α-hetero) is 1. The van der Waals surface area contributed by atoms with E-state index in [-0.39, 0.29) is 11.6 Å². The minimum atomic E-state index is -0.908. The van der Waals surface area contributed by atoms with Crippen LogP contribution >= 0.6 is 0 Å². The van der Waals surface area contributed by atoms with Gasteiger partial charge in [0.1, 0.15) is 5.82 Å². The average molecular weight is 266 g/mol. The summed E-state index contributed by atoms with van der Waals surface area (Å²) in [6, 6.07) is 5.55. The van der Waals surface area contributed by atoms with Crippen molar-refractivity contribution in [2.24, 2.45) is 0 Å². The van der Waals surface area contributed by atoms with E-state index in [0.29, 0.717) is 31.4 Å². The van der Waals surface area contributed by atoms with E-state index in [9.17, 15) is 13.6 Å². The van der Waals surface area contributed by atoms with Crippen molar-refractivity contribution < 1.29 is 13.6 Å². The number of hydrogen-bond acceptors (Lipinski definition) is 2. The van der Waals surface area contributed by atoms with Crippen LogP contribution in [0.1, 0.15) is 36.0 Å². The molecule has 0 amide bonds. The van der Waals surface area contributed by atoms with Crippen molar-refractivity contribution in [3.05, 3.63) is 42.1 Å². The standard InChI is InChI=1S/C15H18F2NO/c16-13-8-6-12(7-9-13)14(19)4-3-11-18-10-2-1-5-15(18)17/h1,6-9,15H,2-5,10-11H2. The number of carbonyl (C=O) groups excluding carboxylic acids is 1. The van der Waals surface area contributed by atoms with Crippen LogP contribution in [0.5, 0.6) is 0 Å². The zero-order valence-electron chi connectivity index (χ0n) is 10.8. The van der Waals surface area contributed by atoms with Crippen molar-refractivity contribution >= 4 is 5.78 Å². The number of piperidine rings is 1. The molecule has 1 saturated heterocycles. The molecule has 1 aliphatic heterocycles. The van der Waals surface area contributed by atoms with Gasteiger partial charge in [-0.3, -0.25) is 9.69 Å². The van der Waals surface area contributed by atoms with E-state index in [2.05, 4.69) is 0 Å². The molecule has 1 aromatic rings. The first-order valence-corrected chi connectivity index (χ1v) is 6.65. The van der Waals surface area contributed by atoms with E-state index in [1.165, 1.54) is 24.3 Å². The third kappa shape index (κ3) is 4.10. The smallest absolute Gasteiger partial charge is 0.162 e. The molecule has 19 heavy (non-hydrogen) atoms. The van der Waals surface area contributed by atoms with Crippen LogP contribution in [-0.2, 0) is 0 Å². The Labute approximate surface area is 112 Å². The van der Waals surface area contributed by atoms with Gasteiger partial charge in [0.15, 0.2) is 12.1 Å². The molecular formula is C15H18F2NO. The molecule has 0 bridgehead atoms. The van der Waals surface area contributed by atoms with Crippen molar-refractivity contribution in [2.75, 3.05) is 13.1 Å². The Morgan fingerprint density at radius 2 is 2.05 bits per heavy atom. The summed E-state index contributed by atoms with van der Waals surface area (Å²) in [6.07, 6.45) is 3.45. The third-order valence-corrected chi connectivity index (χ3v) is 3.39. The maximum Gasteiger partial charge on any atom is 0.162 e. The van der Waals surface area contributed by atoms with Crippen LogP contribution in [0.4, 0.5) is 8.78 Å². The van der Waals surface area contributed by atoms with E-state index >= 15 is 0 Å². The lowest BCUT2D eigenvalue weighted by molar-refractivity contribution is 0.0615. The van der Waals surface area contributed by atoms with Gasteiger partial charge in [-0.2, -0.15) is 0 Å². The molecule has 103 valence electrons. The summed E-state index contributed by atoms with van der Waals surface area (Å²) in [5.74, 6) is -0.361. The highest BCUT2D eigenvalue weighted by Gasteiger charge is 2.21. The highest BCUT2D eigenvalue weighted by molar-refractivity contribution is 5.95. The lowest BCUT2D eigenvalue weighted by Gasteiger charge is -2.29. The summed E-state index contributed by atoms with van der Waals surface area (Å²) in [5.41, 5.74) is 0.519. The Morgan fingerprint density at radius 1 is 1.32 bits per heavy atom. The maximum absolute atomic E-state index is 13.5. The summed E-state index contributed by atoms with van der Waals surface area (Å²) in [5, 5.41) is 0. The Bertz CT molecular complexity index is 419. The topological polar surface area (TPSA) is 20.3 Å². The highest BCUT2D eigenvalue weighted by atomic mass is 19.1. The number of likely N-dealkylation sites (tertiary alicyclic amines) is 1. The SMILES string of the molecule is O=C(CCCN1CC[CH]CC1F)c1ccc(F)cc1. The van der Waals surface area contributed by atoms with Crippen molar-refractivity contribution in [2.45, 2.75) is 32.0 Å². The first-order chi connectivity index (χ1) is 9.16. The number of nitrogens with zero attached hydrogens (tertiary/aromatic N) is 1. The van der Waals surface area contributed by atoms with Crippen LogP contribution in [0, 0.1) is 12.2 Å². The second kappa shape index (κ2) is 6.75. The lowest BCUT2D eigenvalue weighted by Crippen LogP contribution is -2.37. The summed E-state index contributed by atoms with van der Waals surface area (Å²) >= 11 is 0. The summed E-state index contributed by atoms with van der Waals surface area (Å²) in [4.78, 5) is 13.6. The van der Waals surface area contributed by atoms with Crippen LogP contribution in [0.15, 0.2) is 24.3 Å². The monoisotopic (exact) mass is 266 g/mol. The Kier molecular flexibility index (Phi) is 5.02. The van der Waals surface area contributed by atoms with E-state index in [0.717, 1.165) is 13.0 Å². The predicted octanol–water partition coefficient (Wildman–Crippen LogP) is 3.38. The molecule has 2 nitrogen and oxygen atoms in total. The molecule has 1 fully saturated rings. The van der Waals surface area contributed by atoms with E-state index < -0.39 is 6.30 Å². The second-order valence-corrected chi connectivity index (χ2v) is 4.82. The van der Waals surface area contributed by atoms with Gasteiger partial charge in [-0.1, -0.05) is 0 Å². The van der Waals surface area contributed by atoms with Gasteiger partial charge in [-0.15, -0.1) is 0 Å². The molecule has 1 heterocycles. The van der Waals surface area contributed by atoms with Gasteiger partial charge < -0.3 is 0 Å². The Balaban J connectivity index is 1.76. The zero-order chi connectivity index (χ0) is 13.7. The van der Waals surface area contributed by atoms with E-state index in [1.54, 1.807) is 4.90 Å². The maximum atomic E-state index is 13.5. The van der Waals surface area contributed by atoms with Gasteiger partial charge >= 0.3 is 0 Å². The first kappa shape index (κ1) is 14.1. The predicted molar refractivity (Wildman–Crippen MR) is 70.0 cm³/mol. The van der Waals surface area contributed by atoms with Crippen molar-refractivity contribution in [3.63, 3.8) is 0 Å². The molecule has 1 aliphatic rings. The molecular weight excluding hydrogens is 248 g/mol. The fourth-order valence-corrected chi connectivity index (χ4v) is 2.28. The quantitative estimate of drug-likeness (QED) is 0.601. The molecule has 0 aromatic heterocycles. The van der Waals surface area contributed by atoms with Crippen LogP contribution in [0.25, 0.3) is 0 Å². The number of carbonyl (C=O) groups is 1. The number of benzene rings is 1. The molecule has 0 aliphatic carbocycles. The fraction of sp³-hybridized carbons (Fsp3) is 0.467.